The molecule has 1 aliphatic rings. The van der Waals surface area contributed by atoms with Gasteiger partial charge in [-0.1, -0.05) is 54.6 Å². The lowest BCUT2D eigenvalue weighted by atomic mass is 9.73. The third-order valence-corrected chi connectivity index (χ3v) is 6.58. The van der Waals surface area contributed by atoms with Crippen LogP contribution in [0.2, 0.25) is 0 Å². The van der Waals surface area contributed by atoms with Crippen molar-refractivity contribution in [1.82, 2.24) is 9.88 Å². The van der Waals surface area contributed by atoms with E-state index in [0.717, 1.165) is 23.1 Å². The molecule has 1 aliphatic heterocycles. The lowest BCUT2D eigenvalue weighted by Crippen LogP contribution is -2.49. The molecule has 0 bridgehead atoms. The maximum Gasteiger partial charge on any atom is 0.224 e. The topological polar surface area (TPSA) is 76.3 Å². The Morgan fingerprint density at radius 2 is 1.47 bits per heavy atom. The van der Waals surface area contributed by atoms with E-state index in [-0.39, 0.29) is 11.8 Å². The first-order valence-corrected chi connectivity index (χ1v) is 11.2. The Morgan fingerprint density at radius 3 is 2.09 bits per heavy atom. The molecule has 2 N–H and O–H groups in total. The van der Waals surface area contributed by atoms with Crippen molar-refractivity contribution in [3.05, 3.63) is 90.3 Å². The highest BCUT2D eigenvalue weighted by Gasteiger charge is 2.40. The number of carbonyl (C=O) groups excluding carboxylic acids is 2. The monoisotopic (exact) mass is 427 g/mol. The van der Waals surface area contributed by atoms with Crippen LogP contribution in [0.5, 0.6) is 0 Å². The van der Waals surface area contributed by atoms with E-state index in [9.17, 15) is 9.59 Å². The zero-order valence-corrected chi connectivity index (χ0v) is 18.2. The van der Waals surface area contributed by atoms with Crippen LogP contribution in [0.15, 0.2) is 79.1 Å². The Bertz CT molecular complexity index is 1040. The van der Waals surface area contributed by atoms with Gasteiger partial charge in [0.2, 0.25) is 11.8 Å². The van der Waals surface area contributed by atoms with Gasteiger partial charge in [-0.05, 0) is 60.1 Å². The van der Waals surface area contributed by atoms with Gasteiger partial charge >= 0.3 is 0 Å². The van der Waals surface area contributed by atoms with E-state index < -0.39 is 5.41 Å². The smallest absolute Gasteiger partial charge is 0.224 e. The lowest BCUT2D eigenvalue weighted by molar-refractivity contribution is -0.138. The number of nitrogens with two attached hydrogens (primary N) is 1. The second-order valence-corrected chi connectivity index (χ2v) is 8.62. The molecule has 0 atom stereocenters. The van der Waals surface area contributed by atoms with Gasteiger partial charge in [-0.15, -0.1) is 0 Å². The quantitative estimate of drug-likeness (QED) is 0.619. The molecule has 1 fully saturated rings. The van der Waals surface area contributed by atoms with Crippen molar-refractivity contribution >= 4 is 11.8 Å². The summed E-state index contributed by atoms with van der Waals surface area (Å²) in [6.07, 6.45) is 6.59. The van der Waals surface area contributed by atoms with Crippen molar-refractivity contribution in [3.63, 3.8) is 0 Å². The predicted molar refractivity (Wildman–Crippen MR) is 126 cm³/mol. The first-order valence-electron chi connectivity index (χ1n) is 11.2. The van der Waals surface area contributed by atoms with Crippen LogP contribution in [0.25, 0.3) is 11.1 Å². The third kappa shape index (κ3) is 5.05. The fourth-order valence-electron chi connectivity index (χ4n) is 4.50. The Kier molecular flexibility index (Phi) is 6.64. The molecule has 0 spiro atoms. The largest absolute Gasteiger partial charge is 0.369 e. The van der Waals surface area contributed by atoms with Gasteiger partial charge in [0.1, 0.15) is 0 Å². The minimum absolute atomic E-state index is 0.147. The van der Waals surface area contributed by atoms with Crippen LogP contribution < -0.4 is 5.73 Å². The summed E-state index contributed by atoms with van der Waals surface area (Å²) in [6.45, 7) is 1.15. The Hall–Kier alpha value is -3.47. The first kappa shape index (κ1) is 21.8. The van der Waals surface area contributed by atoms with E-state index in [1.54, 1.807) is 12.4 Å². The van der Waals surface area contributed by atoms with Crippen molar-refractivity contribution in [2.24, 2.45) is 11.1 Å². The van der Waals surface area contributed by atoms with E-state index >= 15 is 0 Å². The van der Waals surface area contributed by atoms with E-state index in [2.05, 4.69) is 29.2 Å². The molecule has 0 radical (unpaired) electrons. The molecule has 0 aliphatic carbocycles. The zero-order valence-electron chi connectivity index (χ0n) is 18.2. The number of rotatable bonds is 7. The number of carbonyl (C=O) groups is 2. The molecule has 1 aromatic heterocycles. The summed E-state index contributed by atoms with van der Waals surface area (Å²) in [5.74, 6) is -0.124. The lowest BCUT2D eigenvalue weighted by Gasteiger charge is -2.40. The zero-order chi connectivity index (χ0) is 22.4. The van der Waals surface area contributed by atoms with Crippen molar-refractivity contribution in [3.8, 4) is 11.1 Å². The van der Waals surface area contributed by atoms with Crippen LogP contribution in [0.1, 0.15) is 30.4 Å². The molecule has 5 heteroatoms. The summed E-state index contributed by atoms with van der Waals surface area (Å²) in [5, 5.41) is 0. The van der Waals surface area contributed by atoms with Gasteiger partial charge in [-0.3, -0.25) is 14.6 Å². The predicted octanol–water partition coefficient (Wildman–Crippen LogP) is 4.02. The van der Waals surface area contributed by atoms with Gasteiger partial charge in [-0.2, -0.15) is 0 Å². The summed E-state index contributed by atoms with van der Waals surface area (Å²) >= 11 is 0. The number of hydrogen-bond acceptors (Lipinski definition) is 3. The van der Waals surface area contributed by atoms with Crippen molar-refractivity contribution in [2.45, 2.75) is 32.1 Å². The summed E-state index contributed by atoms with van der Waals surface area (Å²) in [4.78, 5) is 31.1. The highest BCUT2D eigenvalue weighted by Crippen LogP contribution is 2.35. The maximum atomic E-state index is 12.7. The molecular weight excluding hydrogens is 398 g/mol. The van der Waals surface area contributed by atoms with Gasteiger partial charge in [-0.25, -0.2) is 0 Å². The maximum absolute atomic E-state index is 12.7. The molecule has 4 rings (SSSR count). The van der Waals surface area contributed by atoms with Crippen molar-refractivity contribution < 1.29 is 9.59 Å². The molecule has 2 heterocycles. The van der Waals surface area contributed by atoms with Gasteiger partial charge in [0.25, 0.3) is 0 Å². The fourth-order valence-corrected chi connectivity index (χ4v) is 4.50. The summed E-state index contributed by atoms with van der Waals surface area (Å²) < 4.78 is 0. The number of benzene rings is 2. The first-order chi connectivity index (χ1) is 15.6. The number of hydrogen-bond donors (Lipinski definition) is 1. The summed E-state index contributed by atoms with van der Waals surface area (Å²) in [7, 11) is 0. The standard InChI is InChI=1S/C27H29N3O2/c28-26(32)27(20-22-6-9-23(10-7-22)24-12-16-29-17-13-24)14-18-30(19-15-27)25(31)11-8-21-4-2-1-3-5-21/h1-7,9-10,12-13,16-17H,8,11,14-15,18-20H2,(H2,28,32). The second-order valence-electron chi connectivity index (χ2n) is 8.62. The highest BCUT2D eigenvalue weighted by atomic mass is 16.2. The van der Waals surface area contributed by atoms with Crippen molar-refractivity contribution in [1.29, 1.82) is 0 Å². The highest BCUT2D eigenvalue weighted by molar-refractivity contribution is 5.82. The Labute approximate surface area is 189 Å². The minimum atomic E-state index is -0.603. The molecule has 32 heavy (non-hydrogen) atoms. The van der Waals surface area contributed by atoms with Gasteiger partial charge in [0.05, 0.1) is 5.41 Å². The van der Waals surface area contributed by atoms with Crippen molar-refractivity contribution in [2.75, 3.05) is 13.1 Å². The number of piperidine rings is 1. The van der Waals surface area contributed by atoms with Crippen LogP contribution in [0.4, 0.5) is 0 Å². The van der Waals surface area contributed by atoms with Gasteiger partial charge < -0.3 is 10.6 Å². The average molecular weight is 428 g/mol. The summed E-state index contributed by atoms with van der Waals surface area (Å²) in [5.41, 5.74) is 9.75. The summed E-state index contributed by atoms with van der Waals surface area (Å²) in [6, 6.07) is 22.3. The molecular formula is C27H29N3O2. The minimum Gasteiger partial charge on any atom is -0.369 e. The van der Waals surface area contributed by atoms with Crippen LogP contribution in [-0.4, -0.2) is 34.8 Å². The molecule has 2 amide bonds. The molecule has 3 aromatic rings. The number of primary amides is 1. The Balaban J connectivity index is 1.36. The van der Waals surface area contributed by atoms with Crippen LogP contribution in [0, 0.1) is 5.41 Å². The number of amides is 2. The van der Waals surface area contributed by atoms with E-state index in [0.29, 0.717) is 38.8 Å². The van der Waals surface area contributed by atoms with E-state index in [1.807, 2.05) is 47.4 Å². The Morgan fingerprint density at radius 1 is 0.844 bits per heavy atom. The fraction of sp³-hybridized carbons (Fsp3) is 0.296. The molecule has 1 saturated heterocycles. The molecule has 0 saturated carbocycles. The number of aryl methyl sites for hydroxylation is 1. The molecule has 5 nitrogen and oxygen atoms in total. The molecule has 2 aromatic carbocycles. The normalized spacial score (nSPS) is 15.3. The molecule has 164 valence electrons. The number of aromatic nitrogens is 1. The van der Waals surface area contributed by atoms with Gasteiger partial charge in [0, 0.05) is 31.9 Å². The number of nitrogens with zero attached hydrogens (tertiary/aromatic N) is 2. The van der Waals surface area contributed by atoms with Gasteiger partial charge in [0.15, 0.2) is 0 Å². The van der Waals surface area contributed by atoms with Crippen LogP contribution in [0.3, 0.4) is 0 Å². The van der Waals surface area contributed by atoms with E-state index in [4.69, 9.17) is 5.73 Å². The van der Waals surface area contributed by atoms with Crippen LogP contribution >= 0.6 is 0 Å². The SMILES string of the molecule is NC(=O)C1(Cc2ccc(-c3ccncc3)cc2)CCN(C(=O)CCc2ccccc2)CC1. The number of pyridine rings is 1. The van der Waals surface area contributed by atoms with Crippen LogP contribution in [-0.2, 0) is 22.4 Å². The third-order valence-electron chi connectivity index (χ3n) is 6.58. The number of likely N-dealkylation sites (tertiary alicyclic amines) is 1. The van der Waals surface area contributed by atoms with E-state index in [1.165, 1.54) is 5.56 Å². The molecule has 0 unspecified atom stereocenters. The average Bonchev–Trinajstić information content (AvgIpc) is 2.84. The second kappa shape index (κ2) is 9.77.